The van der Waals surface area contributed by atoms with Gasteiger partial charge in [0.2, 0.25) is 0 Å². The van der Waals surface area contributed by atoms with Crippen molar-refractivity contribution in [3.05, 3.63) is 29.3 Å². The average molecular weight is 262 g/mol. The van der Waals surface area contributed by atoms with Gasteiger partial charge in [0.15, 0.2) is 0 Å². The Morgan fingerprint density at radius 3 is 2.47 bits per heavy atom. The number of likely N-dealkylation sites (tertiary alicyclic amines) is 1. The summed E-state index contributed by atoms with van der Waals surface area (Å²) >= 11 is 0. The van der Waals surface area contributed by atoms with Crippen LogP contribution in [0, 0.1) is 0 Å². The van der Waals surface area contributed by atoms with Crippen LogP contribution >= 0.6 is 0 Å². The van der Waals surface area contributed by atoms with Gasteiger partial charge in [0.1, 0.15) is 5.75 Å². The Hall–Kier alpha value is -1.06. The van der Waals surface area contributed by atoms with Crippen molar-refractivity contribution in [3.63, 3.8) is 0 Å². The van der Waals surface area contributed by atoms with E-state index >= 15 is 0 Å². The smallest absolute Gasteiger partial charge is 0.123 e. The van der Waals surface area contributed by atoms with E-state index in [9.17, 15) is 0 Å². The molecular formula is C16H26N2O. The highest BCUT2D eigenvalue weighted by atomic mass is 16.5. The monoisotopic (exact) mass is 262 g/mol. The molecule has 0 amide bonds. The molecular weight excluding hydrogens is 236 g/mol. The van der Waals surface area contributed by atoms with E-state index in [0.29, 0.717) is 0 Å². The maximum Gasteiger partial charge on any atom is 0.123 e. The predicted molar refractivity (Wildman–Crippen MR) is 79.3 cm³/mol. The fourth-order valence-corrected chi connectivity index (χ4v) is 2.74. The highest BCUT2D eigenvalue weighted by Gasteiger charge is 2.13. The second-order valence-electron chi connectivity index (χ2n) is 5.55. The van der Waals surface area contributed by atoms with Crippen molar-refractivity contribution in [1.29, 1.82) is 0 Å². The summed E-state index contributed by atoms with van der Waals surface area (Å²) in [6.45, 7) is 5.40. The summed E-state index contributed by atoms with van der Waals surface area (Å²) < 4.78 is 5.49. The maximum atomic E-state index is 5.98. The number of hydrogen-bond donors (Lipinski definition) is 1. The van der Waals surface area contributed by atoms with Crippen LogP contribution in [0.4, 0.5) is 0 Å². The molecule has 0 saturated carbocycles. The van der Waals surface area contributed by atoms with Crippen molar-refractivity contribution in [2.75, 3.05) is 20.2 Å². The Kier molecular flexibility index (Phi) is 5.23. The number of ether oxygens (including phenoxy) is 1. The fraction of sp³-hybridized carbons (Fsp3) is 0.625. The number of hydrogen-bond acceptors (Lipinski definition) is 3. The molecule has 19 heavy (non-hydrogen) atoms. The molecule has 1 aromatic carbocycles. The van der Waals surface area contributed by atoms with Gasteiger partial charge in [-0.25, -0.2) is 0 Å². The molecule has 1 aliphatic rings. The number of benzene rings is 1. The zero-order valence-corrected chi connectivity index (χ0v) is 12.2. The van der Waals surface area contributed by atoms with E-state index in [0.717, 1.165) is 12.3 Å². The standard InChI is InChI=1S/C16H26N2O/c1-13(17)14-7-8-16(19-2)15(11-14)12-18-9-5-3-4-6-10-18/h7-8,11,13H,3-6,9-10,12,17H2,1-2H3/t13-/m1/s1. The lowest BCUT2D eigenvalue weighted by molar-refractivity contribution is 0.271. The molecule has 3 nitrogen and oxygen atoms in total. The summed E-state index contributed by atoms with van der Waals surface area (Å²) in [5, 5.41) is 0. The topological polar surface area (TPSA) is 38.5 Å². The molecule has 1 atom stereocenters. The van der Waals surface area contributed by atoms with Crippen LogP contribution in [0.15, 0.2) is 18.2 Å². The quantitative estimate of drug-likeness (QED) is 0.906. The Balaban J connectivity index is 2.14. The SMILES string of the molecule is COc1ccc([C@@H](C)N)cc1CN1CCCCCC1. The van der Waals surface area contributed by atoms with E-state index in [4.69, 9.17) is 10.5 Å². The third kappa shape index (κ3) is 3.95. The first-order chi connectivity index (χ1) is 9.20. The molecule has 1 heterocycles. The van der Waals surface area contributed by atoms with Crippen LogP contribution in [0.3, 0.4) is 0 Å². The Morgan fingerprint density at radius 1 is 1.21 bits per heavy atom. The summed E-state index contributed by atoms with van der Waals surface area (Å²) in [6, 6.07) is 6.39. The van der Waals surface area contributed by atoms with Crippen molar-refractivity contribution in [1.82, 2.24) is 4.90 Å². The van der Waals surface area contributed by atoms with Crippen molar-refractivity contribution in [2.24, 2.45) is 5.73 Å². The molecule has 2 N–H and O–H groups in total. The van der Waals surface area contributed by atoms with E-state index in [1.54, 1.807) is 7.11 Å². The number of nitrogens with zero attached hydrogens (tertiary/aromatic N) is 1. The summed E-state index contributed by atoms with van der Waals surface area (Å²) in [4.78, 5) is 2.54. The van der Waals surface area contributed by atoms with Gasteiger partial charge in [-0.3, -0.25) is 4.90 Å². The van der Waals surface area contributed by atoms with Gasteiger partial charge in [0.05, 0.1) is 7.11 Å². The van der Waals surface area contributed by atoms with E-state index in [1.807, 2.05) is 13.0 Å². The molecule has 0 aliphatic carbocycles. The molecule has 1 fully saturated rings. The van der Waals surface area contributed by atoms with Crippen LogP contribution in [0.2, 0.25) is 0 Å². The molecule has 0 aromatic heterocycles. The zero-order chi connectivity index (χ0) is 13.7. The van der Waals surface area contributed by atoms with Gasteiger partial charge in [-0.15, -0.1) is 0 Å². The van der Waals surface area contributed by atoms with Crippen LogP contribution in [0.1, 0.15) is 49.8 Å². The van der Waals surface area contributed by atoms with Gasteiger partial charge in [0, 0.05) is 18.2 Å². The minimum atomic E-state index is 0.0776. The molecule has 0 unspecified atom stereocenters. The van der Waals surface area contributed by atoms with Crippen LogP contribution < -0.4 is 10.5 Å². The van der Waals surface area contributed by atoms with Crippen molar-refractivity contribution >= 4 is 0 Å². The minimum Gasteiger partial charge on any atom is -0.496 e. The van der Waals surface area contributed by atoms with Crippen LogP contribution in [-0.4, -0.2) is 25.1 Å². The number of rotatable bonds is 4. The lowest BCUT2D eigenvalue weighted by Crippen LogP contribution is -2.24. The predicted octanol–water partition coefficient (Wildman–Crippen LogP) is 3.09. The third-order valence-electron chi connectivity index (χ3n) is 3.92. The first-order valence-corrected chi connectivity index (χ1v) is 7.35. The summed E-state index contributed by atoms with van der Waals surface area (Å²) in [6.07, 6.45) is 5.37. The van der Waals surface area contributed by atoms with Gasteiger partial charge in [0.25, 0.3) is 0 Å². The summed E-state index contributed by atoms with van der Waals surface area (Å²) in [7, 11) is 1.74. The van der Waals surface area contributed by atoms with Crippen molar-refractivity contribution in [2.45, 2.75) is 45.2 Å². The number of methoxy groups -OCH3 is 1. The van der Waals surface area contributed by atoms with E-state index in [1.165, 1.54) is 49.9 Å². The largest absolute Gasteiger partial charge is 0.496 e. The molecule has 1 saturated heterocycles. The van der Waals surface area contributed by atoms with Gasteiger partial charge in [-0.05, 0) is 50.6 Å². The molecule has 1 aliphatic heterocycles. The van der Waals surface area contributed by atoms with Crippen LogP contribution in [-0.2, 0) is 6.54 Å². The fourth-order valence-electron chi connectivity index (χ4n) is 2.74. The van der Waals surface area contributed by atoms with E-state index in [-0.39, 0.29) is 6.04 Å². The van der Waals surface area contributed by atoms with Crippen molar-refractivity contribution in [3.8, 4) is 5.75 Å². The molecule has 0 bridgehead atoms. The van der Waals surface area contributed by atoms with E-state index in [2.05, 4.69) is 17.0 Å². The lowest BCUT2D eigenvalue weighted by atomic mass is 10.0. The second-order valence-corrected chi connectivity index (χ2v) is 5.55. The molecule has 1 aromatic rings. The van der Waals surface area contributed by atoms with Gasteiger partial charge < -0.3 is 10.5 Å². The third-order valence-corrected chi connectivity index (χ3v) is 3.92. The summed E-state index contributed by atoms with van der Waals surface area (Å²) in [5.41, 5.74) is 8.43. The highest BCUT2D eigenvalue weighted by Crippen LogP contribution is 2.25. The molecule has 0 spiro atoms. The average Bonchev–Trinajstić information content (AvgIpc) is 2.67. The molecule has 0 radical (unpaired) electrons. The second kappa shape index (κ2) is 6.92. The first kappa shape index (κ1) is 14.4. The highest BCUT2D eigenvalue weighted by molar-refractivity contribution is 5.38. The van der Waals surface area contributed by atoms with Gasteiger partial charge >= 0.3 is 0 Å². The van der Waals surface area contributed by atoms with Crippen LogP contribution in [0.5, 0.6) is 5.75 Å². The Bertz CT molecular complexity index is 396. The normalized spacial score (nSPS) is 18.9. The van der Waals surface area contributed by atoms with Crippen molar-refractivity contribution < 1.29 is 4.74 Å². The number of nitrogens with two attached hydrogens (primary N) is 1. The van der Waals surface area contributed by atoms with E-state index < -0.39 is 0 Å². The molecule has 2 rings (SSSR count). The molecule has 106 valence electrons. The minimum absolute atomic E-state index is 0.0776. The first-order valence-electron chi connectivity index (χ1n) is 7.35. The Morgan fingerprint density at radius 2 is 1.89 bits per heavy atom. The lowest BCUT2D eigenvalue weighted by Gasteiger charge is -2.22. The van der Waals surface area contributed by atoms with Gasteiger partial charge in [-0.2, -0.15) is 0 Å². The maximum absolute atomic E-state index is 5.98. The Labute approximate surface area is 116 Å². The zero-order valence-electron chi connectivity index (χ0n) is 12.2. The summed E-state index contributed by atoms with van der Waals surface area (Å²) in [5.74, 6) is 0.980. The van der Waals surface area contributed by atoms with Crippen LogP contribution in [0.25, 0.3) is 0 Å². The molecule has 3 heteroatoms. The van der Waals surface area contributed by atoms with Gasteiger partial charge in [-0.1, -0.05) is 18.9 Å².